The van der Waals surface area contributed by atoms with E-state index in [0.29, 0.717) is 12.4 Å². The molecule has 8 heteroatoms. The topological polar surface area (TPSA) is 76.4 Å². The molecular formula is C22H28N6O2. The van der Waals surface area contributed by atoms with E-state index in [0.717, 1.165) is 55.0 Å². The van der Waals surface area contributed by atoms with E-state index in [1.165, 1.54) is 0 Å². The fourth-order valence-corrected chi connectivity index (χ4v) is 3.70. The highest BCUT2D eigenvalue weighted by atomic mass is 16.5. The van der Waals surface area contributed by atoms with Crippen LogP contribution in [0.3, 0.4) is 0 Å². The fraction of sp³-hybridized carbons (Fsp3) is 0.455. The molecule has 1 fully saturated rings. The number of ether oxygens (including phenoxy) is 1. The molecule has 0 aliphatic carbocycles. The van der Waals surface area contributed by atoms with Crippen molar-refractivity contribution < 1.29 is 4.74 Å². The van der Waals surface area contributed by atoms with Gasteiger partial charge in [-0.25, -0.2) is 15.0 Å². The van der Waals surface area contributed by atoms with Gasteiger partial charge in [0.2, 0.25) is 5.88 Å². The quantitative estimate of drug-likeness (QED) is 0.618. The van der Waals surface area contributed by atoms with Crippen molar-refractivity contribution in [2.24, 2.45) is 0 Å². The molecule has 3 heterocycles. The largest absolute Gasteiger partial charge is 0.474 e. The first-order valence-electron chi connectivity index (χ1n) is 10.4. The first kappa shape index (κ1) is 20.3. The summed E-state index contributed by atoms with van der Waals surface area (Å²) in [6, 6.07) is 7.85. The van der Waals surface area contributed by atoms with Crippen LogP contribution in [0.4, 0.5) is 5.69 Å². The number of rotatable bonds is 6. The van der Waals surface area contributed by atoms with E-state index in [1.807, 2.05) is 26.8 Å². The maximum Gasteiger partial charge on any atom is 0.253 e. The second-order valence-corrected chi connectivity index (χ2v) is 7.94. The van der Waals surface area contributed by atoms with Crippen LogP contribution >= 0.6 is 0 Å². The van der Waals surface area contributed by atoms with Gasteiger partial charge in [0.1, 0.15) is 6.33 Å². The van der Waals surface area contributed by atoms with E-state index in [2.05, 4.69) is 36.9 Å². The Labute approximate surface area is 176 Å². The third-order valence-corrected chi connectivity index (χ3v) is 5.34. The average molecular weight is 409 g/mol. The molecule has 0 spiro atoms. The summed E-state index contributed by atoms with van der Waals surface area (Å²) >= 11 is 0. The molecule has 1 saturated heterocycles. The Morgan fingerprint density at radius 2 is 1.83 bits per heavy atom. The Hall–Kier alpha value is -3.00. The van der Waals surface area contributed by atoms with Crippen molar-refractivity contribution in [1.29, 1.82) is 0 Å². The molecule has 30 heavy (non-hydrogen) atoms. The van der Waals surface area contributed by atoms with Gasteiger partial charge in [-0.3, -0.25) is 14.3 Å². The number of hydrogen-bond donors (Lipinski definition) is 0. The second-order valence-electron chi connectivity index (χ2n) is 7.94. The highest BCUT2D eigenvalue weighted by molar-refractivity contribution is 5.86. The van der Waals surface area contributed by atoms with Crippen molar-refractivity contribution in [2.45, 2.75) is 33.4 Å². The lowest BCUT2D eigenvalue weighted by Gasteiger charge is -2.36. The molecule has 0 unspecified atom stereocenters. The van der Waals surface area contributed by atoms with Gasteiger partial charge in [-0.15, -0.1) is 0 Å². The Bertz CT molecular complexity index is 1070. The van der Waals surface area contributed by atoms with Gasteiger partial charge in [0, 0.05) is 56.7 Å². The van der Waals surface area contributed by atoms with Crippen LogP contribution < -0.4 is 15.2 Å². The van der Waals surface area contributed by atoms with Gasteiger partial charge in [-0.2, -0.15) is 0 Å². The highest BCUT2D eigenvalue weighted by Crippen LogP contribution is 2.27. The Balaban J connectivity index is 1.40. The van der Waals surface area contributed by atoms with Gasteiger partial charge in [0.15, 0.2) is 0 Å². The molecule has 1 aromatic carbocycles. The SMILES string of the molecule is Cc1cc(=O)n(CCN2CCN(c3ccc4ncnc(OC(C)C)c4c3)CC2)cn1. The number of benzene rings is 1. The number of hydrogen-bond acceptors (Lipinski definition) is 7. The number of anilines is 1. The van der Waals surface area contributed by atoms with E-state index in [1.54, 1.807) is 23.3 Å². The molecule has 0 bridgehead atoms. The summed E-state index contributed by atoms with van der Waals surface area (Å²) in [6.07, 6.45) is 3.25. The Morgan fingerprint density at radius 3 is 2.57 bits per heavy atom. The number of fused-ring (bicyclic) bond motifs is 1. The summed E-state index contributed by atoms with van der Waals surface area (Å²) < 4.78 is 7.55. The third kappa shape index (κ3) is 4.59. The maximum atomic E-state index is 12.0. The monoisotopic (exact) mass is 408 g/mol. The number of piperazine rings is 1. The molecule has 3 aromatic rings. The molecule has 8 nitrogen and oxygen atoms in total. The van der Waals surface area contributed by atoms with E-state index < -0.39 is 0 Å². The van der Waals surface area contributed by atoms with Gasteiger partial charge >= 0.3 is 0 Å². The summed E-state index contributed by atoms with van der Waals surface area (Å²) in [4.78, 5) is 29.7. The van der Waals surface area contributed by atoms with E-state index in [9.17, 15) is 4.79 Å². The maximum absolute atomic E-state index is 12.0. The zero-order valence-corrected chi connectivity index (χ0v) is 17.8. The van der Waals surface area contributed by atoms with Crippen LogP contribution in [0.25, 0.3) is 10.9 Å². The van der Waals surface area contributed by atoms with E-state index in [4.69, 9.17) is 4.74 Å². The predicted molar refractivity (Wildman–Crippen MR) is 117 cm³/mol. The molecule has 0 N–H and O–H groups in total. The molecule has 0 saturated carbocycles. The van der Waals surface area contributed by atoms with Crippen molar-refractivity contribution in [3.63, 3.8) is 0 Å². The lowest BCUT2D eigenvalue weighted by Crippen LogP contribution is -2.47. The molecule has 1 aliphatic heterocycles. The van der Waals surface area contributed by atoms with Gasteiger partial charge < -0.3 is 9.64 Å². The van der Waals surface area contributed by atoms with E-state index >= 15 is 0 Å². The predicted octanol–water partition coefficient (Wildman–Crippen LogP) is 2.10. The summed E-state index contributed by atoms with van der Waals surface area (Å²) in [5.41, 5.74) is 2.82. The third-order valence-electron chi connectivity index (χ3n) is 5.34. The number of aryl methyl sites for hydroxylation is 1. The van der Waals surface area contributed by atoms with Crippen molar-refractivity contribution >= 4 is 16.6 Å². The number of nitrogens with zero attached hydrogens (tertiary/aromatic N) is 6. The molecule has 0 amide bonds. The average Bonchev–Trinajstić information content (AvgIpc) is 2.73. The summed E-state index contributed by atoms with van der Waals surface area (Å²) in [6.45, 7) is 11.1. The molecule has 4 rings (SSSR count). The van der Waals surface area contributed by atoms with Gasteiger partial charge in [-0.1, -0.05) is 0 Å². The summed E-state index contributed by atoms with van der Waals surface area (Å²) in [7, 11) is 0. The molecule has 1 aliphatic rings. The zero-order valence-electron chi connectivity index (χ0n) is 17.8. The fourth-order valence-electron chi connectivity index (χ4n) is 3.70. The van der Waals surface area contributed by atoms with Gasteiger partial charge in [0.25, 0.3) is 5.56 Å². The Kier molecular flexibility index (Phi) is 5.94. The van der Waals surface area contributed by atoms with Crippen molar-refractivity contribution in [1.82, 2.24) is 24.4 Å². The molecule has 0 atom stereocenters. The normalized spacial score (nSPS) is 15.1. The van der Waals surface area contributed by atoms with Crippen LogP contribution in [-0.4, -0.2) is 63.2 Å². The molecule has 0 radical (unpaired) electrons. The Morgan fingerprint density at radius 1 is 1.03 bits per heavy atom. The van der Waals surface area contributed by atoms with Crippen LogP contribution in [0.15, 0.2) is 41.7 Å². The summed E-state index contributed by atoms with van der Waals surface area (Å²) in [5.74, 6) is 0.632. The molecule has 158 valence electrons. The minimum atomic E-state index is 0.0129. The van der Waals surface area contributed by atoms with Crippen LogP contribution in [0, 0.1) is 6.92 Å². The van der Waals surface area contributed by atoms with Crippen LogP contribution in [0.5, 0.6) is 5.88 Å². The van der Waals surface area contributed by atoms with Crippen LogP contribution in [0.2, 0.25) is 0 Å². The minimum Gasteiger partial charge on any atom is -0.474 e. The van der Waals surface area contributed by atoms with Gasteiger partial charge in [0.05, 0.1) is 23.3 Å². The first-order valence-corrected chi connectivity index (χ1v) is 10.4. The van der Waals surface area contributed by atoms with Crippen LogP contribution in [0.1, 0.15) is 19.5 Å². The second kappa shape index (κ2) is 8.79. The van der Waals surface area contributed by atoms with Crippen LogP contribution in [-0.2, 0) is 6.54 Å². The molecular weight excluding hydrogens is 380 g/mol. The lowest BCUT2D eigenvalue weighted by atomic mass is 10.2. The summed E-state index contributed by atoms with van der Waals surface area (Å²) in [5, 5.41) is 0.942. The standard InChI is InChI=1S/C22H28N6O2/c1-16(2)30-22-19-13-18(4-5-20(19)23-14-24-22)27-9-6-26(7-10-27)8-11-28-15-25-17(3)12-21(28)29/h4-5,12-16H,6-11H2,1-3H3. The van der Waals surface area contributed by atoms with Crippen molar-refractivity contribution in [2.75, 3.05) is 37.6 Å². The number of aromatic nitrogens is 4. The van der Waals surface area contributed by atoms with Crippen molar-refractivity contribution in [3.8, 4) is 5.88 Å². The van der Waals surface area contributed by atoms with E-state index in [-0.39, 0.29) is 11.7 Å². The van der Waals surface area contributed by atoms with Gasteiger partial charge in [-0.05, 0) is 39.0 Å². The smallest absolute Gasteiger partial charge is 0.253 e. The van der Waals surface area contributed by atoms with Crippen molar-refractivity contribution in [3.05, 3.63) is 53.0 Å². The molecule has 2 aromatic heterocycles. The zero-order chi connectivity index (χ0) is 21.1. The highest BCUT2D eigenvalue weighted by Gasteiger charge is 2.18. The first-order chi connectivity index (χ1) is 14.5. The lowest BCUT2D eigenvalue weighted by molar-refractivity contribution is 0.235. The minimum absolute atomic E-state index is 0.0129.